The van der Waals surface area contributed by atoms with E-state index in [1.54, 1.807) is 7.11 Å². The van der Waals surface area contributed by atoms with Crippen molar-refractivity contribution in [3.05, 3.63) is 28.8 Å². The van der Waals surface area contributed by atoms with Crippen molar-refractivity contribution in [3.63, 3.8) is 0 Å². The van der Waals surface area contributed by atoms with E-state index in [-0.39, 0.29) is 5.41 Å². The molecule has 0 saturated carbocycles. The fourth-order valence-electron chi connectivity index (χ4n) is 3.61. The van der Waals surface area contributed by atoms with Gasteiger partial charge in [-0.05, 0) is 24.6 Å². The van der Waals surface area contributed by atoms with Crippen molar-refractivity contribution in [3.8, 4) is 5.75 Å². The quantitative estimate of drug-likeness (QED) is 0.804. The van der Waals surface area contributed by atoms with Crippen LogP contribution in [0.3, 0.4) is 0 Å². The second-order valence-corrected chi connectivity index (χ2v) is 6.93. The van der Waals surface area contributed by atoms with E-state index in [1.165, 1.54) is 0 Å². The van der Waals surface area contributed by atoms with Gasteiger partial charge in [0.2, 0.25) is 0 Å². The minimum atomic E-state index is 0.176. The van der Waals surface area contributed by atoms with E-state index in [0.717, 1.165) is 50.8 Å². The number of benzene rings is 1. The van der Waals surface area contributed by atoms with Crippen LogP contribution in [0.15, 0.2) is 18.2 Å². The zero-order chi connectivity index (χ0) is 15.6. The Hall–Kier alpha value is -0.810. The molecule has 1 aromatic rings. The smallest absolute Gasteiger partial charge is 0.138 e. The molecule has 0 spiro atoms. The minimum absolute atomic E-state index is 0.176. The van der Waals surface area contributed by atoms with E-state index in [2.05, 4.69) is 4.90 Å². The average molecular weight is 326 g/mol. The van der Waals surface area contributed by atoms with Crippen molar-refractivity contribution >= 4 is 11.6 Å². The lowest BCUT2D eigenvalue weighted by Crippen LogP contribution is -2.36. The van der Waals surface area contributed by atoms with Crippen molar-refractivity contribution in [1.29, 1.82) is 0 Å². The summed E-state index contributed by atoms with van der Waals surface area (Å²) in [6.45, 7) is 8.13. The molecule has 0 bridgehead atoms. The van der Waals surface area contributed by atoms with Crippen LogP contribution in [0.2, 0.25) is 5.02 Å². The van der Waals surface area contributed by atoms with Crippen molar-refractivity contribution in [2.45, 2.75) is 6.92 Å². The SMILES string of the molecule is COC[C@@]12COC[C@@H]1CN(CCOc1cc(C)ccc1Cl)C2. The predicted octanol–water partition coefficient (Wildman–Crippen LogP) is 2.62. The number of nitrogens with zero attached hydrogens (tertiary/aromatic N) is 1. The molecule has 0 N–H and O–H groups in total. The molecule has 0 radical (unpaired) electrons. The summed E-state index contributed by atoms with van der Waals surface area (Å²) in [5.74, 6) is 1.35. The number of aryl methyl sites for hydroxylation is 1. The molecule has 2 saturated heterocycles. The molecule has 2 atom stereocenters. The lowest BCUT2D eigenvalue weighted by molar-refractivity contribution is 0.0527. The van der Waals surface area contributed by atoms with Gasteiger partial charge in [-0.25, -0.2) is 0 Å². The number of hydrogen-bond acceptors (Lipinski definition) is 4. The van der Waals surface area contributed by atoms with Crippen LogP contribution in [-0.4, -0.2) is 58.1 Å². The Labute approximate surface area is 137 Å². The number of halogens is 1. The lowest BCUT2D eigenvalue weighted by atomic mass is 9.82. The largest absolute Gasteiger partial charge is 0.491 e. The summed E-state index contributed by atoms with van der Waals surface area (Å²) >= 11 is 6.16. The Morgan fingerprint density at radius 2 is 2.32 bits per heavy atom. The van der Waals surface area contributed by atoms with Gasteiger partial charge in [-0.2, -0.15) is 0 Å². The van der Waals surface area contributed by atoms with Crippen LogP contribution in [-0.2, 0) is 9.47 Å². The number of methoxy groups -OCH3 is 1. The maximum atomic E-state index is 6.16. The molecule has 2 aliphatic heterocycles. The summed E-state index contributed by atoms with van der Waals surface area (Å²) in [6.07, 6.45) is 0. The first-order valence-corrected chi connectivity index (χ1v) is 8.19. The molecule has 2 fully saturated rings. The summed E-state index contributed by atoms with van der Waals surface area (Å²) in [7, 11) is 1.77. The molecule has 0 aliphatic carbocycles. The van der Waals surface area contributed by atoms with E-state index in [9.17, 15) is 0 Å². The highest BCUT2D eigenvalue weighted by molar-refractivity contribution is 6.32. The summed E-state index contributed by atoms with van der Waals surface area (Å²) in [5, 5.41) is 0.674. The zero-order valence-electron chi connectivity index (χ0n) is 13.3. The summed E-state index contributed by atoms with van der Waals surface area (Å²) in [5.41, 5.74) is 1.33. The molecule has 5 heteroatoms. The first kappa shape index (κ1) is 16.1. The van der Waals surface area contributed by atoms with Gasteiger partial charge in [0.1, 0.15) is 12.4 Å². The molecular formula is C17H24ClNO3. The first-order valence-electron chi connectivity index (χ1n) is 7.81. The fraction of sp³-hybridized carbons (Fsp3) is 0.647. The van der Waals surface area contributed by atoms with Gasteiger partial charge in [0, 0.05) is 38.1 Å². The second-order valence-electron chi connectivity index (χ2n) is 6.52. The summed E-state index contributed by atoms with van der Waals surface area (Å²) in [6, 6.07) is 5.87. The molecule has 22 heavy (non-hydrogen) atoms. The maximum absolute atomic E-state index is 6.16. The zero-order valence-corrected chi connectivity index (χ0v) is 14.1. The highest BCUT2D eigenvalue weighted by Crippen LogP contribution is 2.41. The molecule has 2 aliphatic rings. The van der Waals surface area contributed by atoms with Gasteiger partial charge in [-0.3, -0.25) is 4.90 Å². The molecule has 122 valence electrons. The van der Waals surface area contributed by atoms with E-state index in [1.807, 2.05) is 25.1 Å². The van der Waals surface area contributed by atoms with Crippen molar-refractivity contribution in [1.82, 2.24) is 4.90 Å². The van der Waals surface area contributed by atoms with Crippen LogP contribution in [0.5, 0.6) is 5.75 Å². The maximum Gasteiger partial charge on any atom is 0.138 e. The van der Waals surface area contributed by atoms with Gasteiger partial charge in [-0.15, -0.1) is 0 Å². The highest BCUT2D eigenvalue weighted by Gasteiger charge is 2.50. The first-order chi connectivity index (χ1) is 10.6. The normalized spacial score (nSPS) is 28.0. The van der Waals surface area contributed by atoms with Crippen LogP contribution in [0.4, 0.5) is 0 Å². The van der Waals surface area contributed by atoms with Crippen LogP contribution >= 0.6 is 11.6 Å². The van der Waals surface area contributed by atoms with Crippen molar-refractivity contribution in [2.24, 2.45) is 11.3 Å². The number of fused-ring (bicyclic) bond motifs is 1. The molecule has 2 heterocycles. The standard InChI is InChI=1S/C17H24ClNO3/c1-13-3-4-15(18)16(7-13)22-6-5-19-8-14-9-21-12-17(14,10-19)11-20-2/h3-4,7,14H,5-6,8-12H2,1-2H3/t14-,17-/m0/s1. The molecule has 1 aromatic carbocycles. The number of rotatable bonds is 6. The Morgan fingerprint density at radius 3 is 3.14 bits per heavy atom. The Bertz CT molecular complexity index is 525. The molecular weight excluding hydrogens is 302 g/mol. The third-order valence-electron chi connectivity index (χ3n) is 4.78. The lowest BCUT2D eigenvalue weighted by Gasteiger charge is -2.26. The van der Waals surface area contributed by atoms with E-state index >= 15 is 0 Å². The third-order valence-corrected chi connectivity index (χ3v) is 5.09. The molecule has 0 aromatic heterocycles. The van der Waals surface area contributed by atoms with Gasteiger partial charge in [0.15, 0.2) is 0 Å². The number of likely N-dealkylation sites (tertiary alicyclic amines) is 1. The van der Waals surface area contributed by atoms with Gasteiger partial charge >= 0.3 is 0 Å². The van der Waals surface area contributed by atoms with E-state index in [4.69, 9.17) is 25.8 Å². The fourth-order valence-corrected chi connectivity index (χ4v) is 3.78. The topological polar surface area (TPSA) is 30.9 Å². The van der Waals surface area contributed by atoms with Crippen LogP contribution in [0.1, 0.15) is 5.56 Å². The Balaban J connectivity index is 1.52. The van der Waals surface area contributed by atoms with Crippen LogP contribution < -0.4 is 4.74 Å². The minimum Gasteiger partial charge on any atom is -0.491 e. The molecule has 0 unspecified atom stereocenters. The highest BCUT2D eigenvalue weighted by atomic mass is 35.5. The molecule has 0 amide bonds. The third kappa shape index (κ3) is 3.25. The second kappa shape index (κ2) is 6.75. The monoisotopic (exact) mass is 325 g/mol. The molecule has 4 nitrogen and oxygen atoms in total. The van der Waals surface area contributed by atoms with E-state index in [0.29, 0.717) is 17.5 Å². The van der Waals surface area contributed by atoms with Crippen molar-refractivity contribution in [2.75, 3.05) is 53.2 Å². The van der Waals surface area contributed by atoms with Gasteiger partial charge < -0.3 is 14.2 Å². The molecule has 3 rings (SSSR count). The number of hydrogen-bond donors (Lipinski definition) is 0. The number of ether oxygens (including phenoxy) is 3. The van der Waals surface area contributed by atoms with Gasteiger partial charge in [0.05, 0.1) is 24.8 Å². The van der Waals surface area contributed by atoms with Gasteiger partial charge in [0.25, 0.3) is 0 Å². The van der Waals surface area contributed by atoms with E-state index < -0.39 is 0 Å². The Kier molecular flexibility index (Phi) is 4.93. The van der Waals surface area contributed by atoms with Crippen LogP contribution in [0, 0.1) is 18.3 Å². The summed E-state index contributed by atoms with van der Waals surface area (Å²) in [4.78, 5) is 2.45. The summed E-state index contributed by atoms with van der Waals surface area (Å²) < 4.78 is 16.9. The Morgan fingerprint density at radius 1 is 1.45 bits per heavy atom. The van der Waals surface area contributed by atoms with Crippen molar-refractivity contribution < 1.29 is 14.2 Å². The van der Waals surface area contributed by atoms with Crippen LogP contribution in [0.25, 0.3) is 0 Å². The van der Waals surface area contributed by atoms with Gasteiger partial charge in [-0.1, -0.05) is 17.7 Å². The predicted molar refractivity (Wildman–Crippen MR) is 86.7 cm³/mol. The average Bonchev–Trinajstić information content (AvgIpc) is 2.99.